The lowest BCUT2D eigenvalue weighted by molar-refractivity contribution is -0.154. The molecule has 3 unspecified atom stereocenters. The molecule has 0 radical (unpaired) electrons. The van der Waals surface area contributed by atoms with E-state index in [0.717, 1.165) is 0 Å². The predicted octanol–water partition coefficient (Wildman–Crippen LogP) is 4.85. The number of nitrogens with zero attached hydrogens (tertiary/aromatic N) is 2. The Hall–Kier alpha value is -1.81. The lowest BCUT2D eigenvalue weighted by atomic mass is 9.71. The van der Waals surface area contributed by atoms with Gasteiger partial charge in [0.25, 0.3) is 5.91 Å². The third kappa shape index (κ3) is 5.32. The van der Waals surface area contributed by atoms with E-state index in [0.29, 0.717) is 30.0 Å². The predicted molar refractivity (Wildman–Crippen MR) is 159 cm³/mol. The molecule has 4 rings (SSSR count). The molecule has 3 fully saturated rings. The highest BCUT2D eigenvalue weighted by atomic mass is 79.9. The fourth-order valence-corrected chi connectivity index (χ4v) is 10.2. The number of thioether (sulfide) groups is 1. The van der Waals surface area contributed by atoms with Gasteiger partial charge >= 0.3 is 5.97 Å². The van der Waals surface area contributed by atoms with E-state index in [4.69, 9.17) is 16.3 Å². The van der Waals surface area contributed by atoms with Gasteiger partial charge in [0.15, 0.2) is 0 Å². The van der Waals surface area contributed by atoms with Crippen LogP contribution in [0.15, 0.2) is 49.6 Å². The molecule has 7 atom stereocenters. The Morgan fingerprint density at radius 1 is 1.33 bits per heavy atom. The fourth-order valence-electron chi connectivity index (χ4n) is 6.42. The first-order valence-electron chi connectivity index (χ1n) is 13.3. The van der Waals surface area contributed by atoms with Crippen molar-refractivity contribution in [3.63, 3.8) is 0 Å². The standard InChI is InChI=1S/C29H36BrClN2O5S/c1-5-7-13-38-28(37)22-23-26(35)33(18(16-34)14-17(3)4)25(29(23)15-19(30)24(22)39-29)27(36)32(12-6-2)21-11-9-8-10-20(21)31/h5-6,8-11,17-19,22-25,34H,1-2,7,12-16H2,3-4H3/t18-,19?,22-,23+,24-,25?,29?/m1/s1. The van der Waals surface area contributed by atoms with Crippen LogP contribution >= 0.6 is 39.3 Å². The van der Waals surface area contributed by atoms with Crippen molar-refractivity contribution in [1.82, 2.24) is 4.90 Å². The van der Waals surface area contributed by atoms with Gasteiger partial charge in [0.1, 0.15) is 6.04 Å². The molecule has 2 bridgehead atoms. The van der Waals surface area contributed by atoms with Gasteiger partial charge in [-0.15, -0.1) is 24.9 Å². The largest absolute Gasteiger partial charge is 0.465 e. The molecular weight excluding hydrogens is 604 g/mol. The van der Waals surface area contributed by atoms with E-state index < -0.39 is 34.6 Å². The van der Waals surface area contributed by atoms with E-state index in [9.17, 15) is 19.5 Å². The average molecular weight is 640 g/mol. The number of carbonyl (C=O) groups excluding carboxylic acids is 3. The number of ether oxygens (including phenoxy) is 1. The molecule has 2 amide bonds. The molecule has 3 aliphatic heterocycles. The number of aliphatic hydroxyl groups is 1. The molecule has 3 saturated heterocycles. The minimum atomic E-state index is -0.900. The SMILES string of the molecule is C=CCCOC(=O)[C@H]1[C@@H]2SC3(CC2Br)C(C(=O)N(CC=C)c2ccccc2Cl)N([C@@H](CO)CC(C)C)C(=O)[C@H]13. The summed E-state index contributed by atoms with van der Waals surface area (Å²) in [4.78, 5) is 45.5. The van der Waals surface area contributed by atoms with Crippen molar-refractivity contribution in [2.45, 2.75) is 60.0 Å². The molecule has 3 aliphatic rings. The van der Waals surface area contributed by atoms with Crippen LogP contribution in [-0.4, -0.2) is 74.5 Å². The van der Waals surface area contributed by atoms with Crippen LogP contribution in [0.25, 0.3) is 0 Å². The van der Waals surface area contributed by atoms with E-state index in [2.05, 4.69) is 29.1 Å². The van der Waals surface area contributed by atoms with E-state index in [1.165, 1.54) is 0 Å². The highest BCUT2D eigenvalue weighted by Crippen LogP contribution is 2.68. The highest BCUT2D eigenvalue weighted by Gasteiger charge is 2.76. The minimum Gasteiger partial charge on any atom is -0.465 e. The van der Waals surface area contributed by atoms with Gasteiger partial charge in [0.05, 0.1) is 46.5 Å². The summed E-state index contributed by atoms with van der Waals surface area (Å²) in [6.07, 6.45) is 4.87. The van der Waals surface area contributed by atoms with Gasteiger partial charge in [-0.05, 0) is 37.3 Å². The topological polar surface area (TPSA) is 87.2 Å². The van der Waals surface area contributed by atoms with Crippen LogP contribution in [0.3, 0.4) is 0 Å². The van der Waals surface area contributed by atoms with Crippen molar-refractivity contribution < 1.29 is 24.2 Å². The van der Waals surface area contributed by atoms with Gasteiger partial charge in [-0.3, -0.25) is 14.4 Å². The summed E-state index contributed by atoms with van der Waals surface area (Å²) in [7, 11) is 0. The molecule has 1 aromatic rings. The maximum Gasteiger partial charge on any atom is 0.310 e. The molecule has 1 aromatic carbocycles. The molecule has 0 aliphatic carbocycles. The summed E-state index contributed by atoms with van der Waals surface area (Å²) in [5.74, 6) is -2.25. The zero-order valence-electron chi connectivity index (χ0n) is 22.3. The summed E-state index contributed by atoms with van der Waals surface area (Å²) in [6, 6.07) is 5.60. The number of likely N-dealkylation sites (tertiary alicyclic amines) is 1. The Labute approximate surface area is 248 Å². The second kappa shape index (κ2) is 12.4. The maximum atomic E-state index is 14.7. The van der Waals surface area contributed by atoms with Gasteiger partial charge in [0, 0.05) is 16.6 Å². The van der Waals surface area contributed by atoms with Crippen LogP contribution in [0.1, 0.15) is 33.1 Å². The molecule has 212 valence electrons. The number of carbonyl (C=O) groups is 3. The number of para-hydroxylation sites is 1. The first-order valence-corrected chi connectivity index (χ1v) is 15.5. The first-order chi connectivity index (χ1) is 18.6. The Morgan fingerprint density at radius 3 is 2.67 bits per heavy atom. The summed E-state index contributed by atoms with van der Waals surface area (Å²) in [6.45, 7) is 11.6. The van der Waals surface area contributed by atoms with Crippen LogP contribution in [0, 0.1) is 17.8 Å². The van der Waals surface area contributed by atoms with Gasteiger partial charge in [-0.1, -0.05) is 65.7 Å². The molecule has 0 aromatic heterocycles. The fraction of sp³-hybridized carbons (Fsp3) is 0.552. The Kier molecular flexibility index (Phi) is 9.56. The van der Waals surface area contributed by atoms with E-state index in [-0.39, 0.29) is 47.6 Å². The third-order valence-electron chi connectivity index (χ3n) is 7.87. The van der Waals surface area contributed by atoms with E-state index in [1.54, 1.807) is 58.0 Å². The Balaban J connectivity index is 1.83. The Bertz CT molecular complexity index is 1130. The second-order valence-electron chi connectivity index (χ2n) is 10.8. The number of alkyl halides is 1. The molecule has 0 saturated carbocycles. The molecule has 3 heterocycles. The summed E-state index contributed by atoms with van der Waals surface area (Å²) in [5.41, 5.74) is 0.522. The number of hydrogen-bond donors (Lipinski definition) is 1. The number of amides is 2. The molecular formula is C29H36BrClN2O5S. The van der Waals surface area contributed by atoms with E-state index >= 15 is 0 Å². The number of rotatable bonds is 12. The smallest absolute Gasteiger partial charge is 0.310 e. The third-order valence-corrected chi connectivity index (χ3v) is 11.4. The second-order valence-corrected chi connectivity index (χ2v) is 13.9. The number of hydrogen-bond acceptors (Lipinski definition) is 6. The number of halogens is 2. The first kappa shape index (κ1) is 30.2. The Morgan fingerprint density at radius 2 is 2.05 bits per heavy atom. The van der Waals surface area contributed by atoms with Gasteiger partial charge in [-0.25, -0.2) is 0 Å². The molecule has 10 heteroatoms. The van der Waals surface area contributed by atoms with Crippen molar-refractivity contribution >= 4 is 62.8 Å². The van der Waals surface area contributed by atoms with E-state index in [1.807, 2.05) is 13.8 Å². The number of benzene rings is 1. The number of anilines is 1. The van der Waals surface area contributed by atoms with Crippen LogP contribution in [-0.2, 0) is 19.1 Å². The van der Waals surface area contributed by atoms with Crippen LogP contribution in [0.2, 0.25) is 5.02 Å². The van der Waals surface area contributed by atoms with Crippen molar-refractivity contribution in [3.8, 4) is 0 Å². The van der Waals surface area contributed by atoms with Gasteiger partial charge < -0.3 is 19.6 Å². The zero-order chi connectivity index (χ0) is 28.5. The monoisotopic (exact) mass is 638 g/mol. The van der Waals surface area contributed by atoms with Gasteiger partial charge in [-0.2, -0.15) is 0 Å². The molecule has 39 heavy (non-hydrogen) atoms. The van der Waals surface area contributed by atoms with Crippen LogP contribution < -0.4 is 4.90 Å². The number of aliphatic hydroxyl groups excluding tert-OH is 1. The summed E-state index contributed by atoms with van der Waals surface area (Å²) < 4.78 is 4.72. The quantitative estimate of drug-likeness (QED) is 0.152. The maximum absolute atomic E-state index is 14.7. The zero-order valence-corrected chi connectivity index (χ0v) is 25.5. The normalized spacial score (nSPS) is 29.8. The lowest BCUT2D eigenvalue weighted by Gasteiger charge is -2.40. The van der Waals surface area contributed by atoms with Crippen LogP contribution in [0.4, 0.5) is 5.69 Å². The van der Waals surface area contributed by atoms with Crippen molar-refractivity contribution in [2.75, 3.05) is 24.7 Å². The van der Waals surface area contributed by atoms with Crippen molar-refractivity contribution in [2.24, 2.45) is 17.8 Å². The van der Waals surface area contributed by atoms with Crippen molar-refractivity contribution in [1.29, 1.82) is 0 Å². The molecule has 1 spiro atoms. The summed E-state index contributed by atoms with van der Waals surface area (Å²) in [5, 5.41) is 10.7. The molecule has 1 N–H and O–H groups in total. The molecule has 7 nitrogen and oxygen atoms in total. The lowest BCUT2D eigenvalue weighted by Crippen LogP contribution is -2.58. The number of fused-ring (bicyclic) bond motifs is 1. The minimum absolute atomic E-state index is 0.0791. The van der Waals surface area contributed by atoms with Crippen molar-refractivity contribution in [3.05, 3.63) is 54.6 Å². The van der Waals surface area contributed by atoms with Crippen LogP contribution in [0.5, 0.6) is 0 Å². The summed E-state index contributed by atoms with van der Waals surface area (Å²) >= 11 is 11.8. The van der Waals surface area contributed by atoms with Gasteiger partial charge in [0.2, 0.25) is 5.91 Å². The number of esters is 1. The highest BCUT2D eigenvalue weighted by molar-refractivity contribution is 9.09. The average Bonchev–Trinajstić information content (AvgIpc) is 3.49.